The Kier molecular flexibility index (Phi) is 9.13. The number of cyclic esters (lactones) is 1. The molecule has 14 heteroatoms. The fourth-order valence-electron chi connectivity index (χ4n) is 12.7. The molecule has 1 amide bonds. The number of esters is 2. The van der Waals surface area contributed by atoms with E-state index < -0.39 is 28.9 Å². The second-order valence-corrected chi connectivity index (χ2v) is 19.8. The standard InChI is InChI=1S/C47H55ClN4O9/c1-25(2)45-40(60-45)41-47(61-41)44(4)15-14-29-32(24-57-42(29)55)33(44)23-36-46(47,59-36)43(45)58-38(54)13-12-37(53)52-19-17-51(18-20-52)16-6-7-26(3)49-39-30-10-8-27(48)21-35(30)50-34-11-9-28(56-5)22-31(34)39/h8-11,21-22,25-26,33,36,40-41,43H,6-7,12-20,23-24H2,1-5H3,(H,49,50)/t26?,33?,36-,40-,41-,43+,44-,45-,46+,47+/m0/s1. The molecule has 0 bridgehead atoms. The molecule has 3 aromatic rings. The van der Waals surface area contributed by atoms with E-state index in [4.69, 9.17) is 45.0 Å². The quantitative estimate of drug-likeness (QED) is 0.125. The predicted molar refractivity (Wildman–Crippen MR) is 226 cm³/mol. The molecule has 61 heavy (non-hydrogen) atoms. The second kappa shape index (κ2) is 14.0. The second-order valence-electron chi connectivity index (χ2n) is 19.3. The molecular formula is C47H55ClN4O9. The van der Waals surface area contributed by atoms with Crippen molar-refractivity contribution in [2.45, 2.75) is 120 Å². The van der Waals surface area contributed by atoms with Crippen molar-refractivity contribution in [2.75, 3.05) is 51.8 Å². The molecular weight excluding hydrogens is 800 g/mol. The third-order valence-corrected chi connectivity index (χ3v) is 16.3. The number of aromatic nitrogens is 1. The number of epoxide rings is 3. The highest BCUT2D eigenvalue weighted by atomic mass is 35.5. The van der Waals surface area contributed by atoms with E-state index in [0.29, 0.717) is 31.1 Å². The van der Waals surface area contributed by atoms with Crippen molar-refractivity contribution in [2.24, 2.45) is 17.3 Å². The lowest BCUT2D eigenvalue weighted by atomic mass is 9.46. The molecule has 6 heterocycles. The number of anilines is 1. The van der Waals surface area contributed by atoms with Gasteiger partial charge in [0, 0.05) is 65.4 Å². The molecule has 2 saturated carbocycles. The molecule has 5 aliphatic heterocycles. The highest BCUT2D eigenvalue weighted by Gasteiger charge is 3.01. The van der Waals surface area contributed by atoms with E-state index in [0.717, 1.165) is 89.7 Å². The van der Waals surface area contributed by atoms with Gasteiger partial charge in [0.25, 0.3) is 0 Å². The van der Waals surface area contributed by atoms with Crippen LogP contribution in [-0.4, -0.2) is 126 Å². The van der Waals surface area contributed by atoms with Crippen molar-refractivity contribution in [3.63, 3.8) is 0 Å². The first-order chi connectivity index (χ1) is 29.3. The van der Waals surface area contributed by atoms with Gasteiger partial charge in [-0.2, -0.15) is 0 Å². The maximum Gasteiger partial charge on any atom is 0.334 e. The Balaban J connectivity index is 0.685. The lowest BCUT2D eigenvalue weighted by Crippen LogP contribution is -2.70. The van der Waals surface area contributed by atoms with Crippen molar-refractivity contribution in [1.82, 2.24) is 14.8 Å². The summed E-state index contributed by atoms with van der Waals surface area (Å²) in [5, 5.41) is 6.45. The normalized spacial score (nSPS) is 36.0. The molecule has 4 saturated heterocycles. The number of pyridine rings is 1. The molecule has 1 N–H and O–H groups in total. The lowest BCUT2D eigenvalue weighted by Gasteiger charge is -2.53. The van der Waals surface area contributed by atoms with E-state index in [-0.39, 0.29) is 66.3 Å². The third kappa shape index (κ3) is 5.71. The summed E-state index contributed by atoms with van der Waals surface area (Å²) in [6.07, 6.45) is 3.03. The van der Waals surface area contributed by atoms with Crippen molar-refractivity contribution in [3.05, 3.63) is 52.6 Å². The van der Waals surface area contributed by atoms with E-state index >= 15 is 0 Å². The van der Waals surface area contributed by atoms with Crippen LogP contribution in [0, 0.1) is 17.3 Å². The summed E-state index contributed by atoms with van der Waals surface area (Å²) in [7, 11) is 1.67. The number of halogens is 1. The van der Waals surface area contributed by atoms with Gasteiger partial charge in [-0.15, -0.1) is 0 Å². The van der Waals surface area contributed by atoms with E-state index in [1.807, 2.05) is 41.3 Å². The van der Waals surface area contributed by atoms with Crippen molar-refractivity contribution in [1.29, 1.82) is 0 Å². The summed E-state index contributed by atoms with van der Waals surface area (Å²) in [6.45, 7) is 12.8. The summed E-state index contributed by atoms with van der Waals surface area (Å²) in [5.41, 5.74) is 2.18. The fraction of sp³-hybridized carbons (Fsp3) is 0.617. The maximum atomic E-state index is 13.8. The average molecular weight is 855 g/mol. The number of nitrogens with zero attached hydrogens (tertiary/aromatic N) is 3. The minimum Gasteiger partial charge on any atom is -0.497 e. The van der Waals surface area contributed by atoms with Gasteiger partial charge in [-0.05, 0) is 99.4 Å². The zero-order chi connectivity index (χ0) is 42.2. The summed E-state index contributed by atoms with van der Waals surface area (Å²) in [4.78, 5) is 49.0. The molecule has 1 aromatic heterocycles. The van der Waals surface area contributed by atoms with Gasteiger partial charge >= 0.3 is 11.9 Å². The molecule has 10 atom stereocenters. The van der Waals surface area contributed by atoms with Crippen LogP contribution in [-0.2, 0) is 38.1 Å². The van der Waals surface area contributed by atoms with Gasteiger partial charge in [-0.3, -0.25) is 14.5 Å². The number of ether oxygens (including phenoxy) is 6. The molecule has 6 fully saturated rings. The number of piperazine rings is 1. The molecule has 324 valence electrons. The summed E-state index contributed by atoms with van der Waals surface area (Å²) in [6, 6.07) is 12.0. The zero-order valence-corrected chi connectivity index (χ0v) is 36.3. The van der Waals surface area contributed by atoms with Crippen molar-refractivity contribution < 1.29 is 42.8 Å². The van der Waals surface area contributed by atoms with E-state index in [2.05, 4.69) is 37.9 Å². The third-order valence-electron chi connectivity index (χ3n) is 16.0. The van der Waals surface area contributed by atoms with Gasteiger partial charge < -0.3 is 38.6 Å². The maximum absolute atomic E-state index is 13.8. The average Bonchev–Trinajstić information content (AvgIpc) is 4.18. The zero-order valence-electron chi connectivity index (χ0n) is 35.6. The summed E-state index contributed by atoms with van der Waals surface area (Å²) < 4.78 is 37.7. The Morgan fingerprint density at radius 3 is 2.61 bits per heavy atom. The minimum atomic E-state index is -0.809. The molecule has 0 radical (unpaired) electrons. The highest BCUT2D eigenvalue weighted by molar-refractivity contribution is 6.31. The van der Waals surface area contributed by atoms with Crippen molar-refractivity contribution >= 4 is 56.9 Å². The van der Waals surface area contributed by atoms with Crippen LogP contribution in [0.2, 0.25) is 5.02 Å². The molecule has 11 rings (SSSR count). The topological polar surface area (TPSA) is 148 Å². The van der Waals surface area contributed by atoms with Gasteiger partial charge in [0.05, 0.1) is 36.4 Å². The van der Waals surface area contributed by atoms with Gasteiger partial charge in [0.2, 0.25) is 5.91 Å². The number of amides is 1. The number of benzene rings is 2. The minimum absolute atomic E-state index is 0.00519. The number of methoxy groups -OCH3 is 1. The van der Waals surface area contributed by atoms with Crippen LogP contribution in [0.5, 0.6) is 5.75 Å². The van der Waals surface area contributed by atoms with Crippen LogP contribution in [0.15, 0.2) is 47.5 Å². The molecule has 8 aliphatic rings. The Morgan fingerprint density at radius 1 is 1.00 bits per heavy atom. The first-order valence-electron chi connectivity index (χ1n) is 22.3. The number of hydrogen-bond donors (Lipinski definition) is 1. The first kappa shape index (κ1) is 39.8. The van der Waals surface area contributed by atoms with Gasteiger partial charge in [-0.1, -0.05) is 32.4 Å². The van der Waals surface area contributed by atoms with Gasteiger partial charge in [0.15, 0.2) is 11.7 Å². The number of nitrogens with one attached hydrogen (secondary N) is 1. The Bertz CT molecular complexity index is 2400. The van der Waals surface area contributed by atoms with E-state index in [1.165, 1.54) is 0 Å². The van der Waals surface area contributed by atoms with E-state index in [9.17, 15) is 14.4 Å². The summed E-state index contributed by atoms with van der Waals surface area (Å²) in [5.74, 6) is 0.314. The monoisotopic (exact) mass is 854 g/mol. The number of fused-ring (bicyclic) bond motifs is 6. The van der Waals surface area contributed by atoms with E-state index in [1.54, 1.807) is 7.11 Å². The Hall–Kier alpha value is -4.01. The van der Waals surface area contributed by atoms with Crippen LogP contribution >= 0.6 is 11.6 Å². The smallest absolute Gasteiger partial charge is 0.334 e. The number of rotatable bonds is 12. The van der Waals surface area contributed by atoms with Crippen LogP contribution in [0.4, 0.5) is 5.69 Å². The molecule has 2 spiro atoms. The fourth-order valence-corrected chi connectivity index (χ4v) is 12.9. The van der Waals surface area contributed by atoms with Crippen molar-refractivity contribution in [3.8, 4) is 5.75 Å². The SMILES string of the molecule is COc1ccc2nc3cc(Cl)ccc3c(NC(C)CCCN3CCN(C(=O)CCC(=O)O[C@@H]4[C@@]5(C(C)C)O[C@H]5[C@@H]5O[C@]56[C@]45O[C@H]5CC4C5=C(CC[C@@]46C)C(=O)OC5)CC3)c2c1. The Morgan fingerprint density at radius 2 is 1.82 bits per heavy atom. The molecule has 3 aliphatic carbocycles. The van der Waals surface area contributed by atoms with Crippen LogP contribution < -0.4 is 10.1 Å². The molecule has 2 unspecified atom stereocenters. The van der Waals surface area contributed by atoms with Crippen LogP contribution in [0.25, 0.3) is 21.8 Å². The highest BCUT2D eigenvalue weighted by Crippen LogP contribution is 2.83. The Labute approximate surface area is 360 Å². The predicted octanol–water partition coefficient (Wildman–Crippen LogP) is 6.22. The molecule has 2 aromatic carbocycles. The number of hydrogen-bond acceptors (Lipinski definition) is 12. The largest absolute Gasteiger partial charge is 0.497 e. The van der Waals surface area contributed by atoms with Gasteiger partial charge in [0.1, 0.15) is 35.8 Å². The molecule has 13 nitrogen and oxygen atoms in total. The first-order valence-corrected chi connectivity index (χ1v) is 22.7. The number of carbonyl (C=O) groups excluding carboxylic acids is 3. The lowest BCUT2D eigenvalue weighted by molar-refractivity contribution is -0.170. The summed E-state index contributed by atoms with van der Waals surface area (Å²) >= 11 is 6.34. The van der Waals surface area contributed by atoms with Crippen LogP contribution in [0.3, 0.4) is 0 Å². The van der Waals surface area contributed by atoms with Crippen LogP contribution in [0.1, 0.15) is 72.6 Å². The number of carbonyl (C=O) groups is 3. The van der Waals surface area contributed by atoms with Gasteiger partial charge in [-0.25, -0.2) is 9.78 Å².